The molecule has 0 bridgehead atoms. The minimum atomic E-state index is -1.91. The Morgan fingerprint density at radius 1 is 0.765 bits per heavy atom. The Balaban J connectivity index is -0.0000000960. The van der Waals surface area contributed by atoms with E-state index in [1.807, 2.05) is 0 Å². The third kappa shape index (κ3) is 7.54. The molecule has 98 valence electrons. The van der Waals surface area contributed by atoms with Crippen LogP contribution in [-0.2, 0) is 21.7 Å². The normalized spacial score (nSPS) is 7.12. The van der Waals surface area contributed by atoms with E-state index in [0.717, 1.165) is 0 Å². The number of nitrogens with zero attached hydrogens (tertiary/aromatic N) is 1. The topological polar surface area (TPSA) is 3.24 Å². The zero-order chi connectivity index (χ0) is 9.30. The van der Waals surface area contributed by atoms with E-state index < -0.39 is 28.5 Å². The first kappa shape index (κ1) is 30.5. The summed E-state index contributed by atoms with van der Waals surface area (Å²) in [6.45, 7) is 0. The van der Waals surface area contributed by atoms with Gasteiger partial charge in [-0.3, -0.25) is 0 Å². The van der Waals surface area contributed by atoms with Gasteiger partial charge in [-0.05, 0) is 17.5 Å². The van der Waals surface area contributed by atoms with Gasteiger partial charge < -0.3 is 49.6 Å². The van der Waals surface area contributed by atoms with E-state index in [0.29, 0.717) is 12.1 Å². The van der Waals surface area contributed by atoms with Crippen LogP contribution in [0.3, 0.4) is 0 Å². The summed E-state index contributed by atoms with van der Waals surface area (Å²) in [4.78, 5) is 0. The van der Waals surface area contributed by atoms with Crippen molar-refractivity contribution >= 4 is 5.69 Å². The molecule has 0 aliphatic carbocycles. The van der Waals surface area contributed by atoms with Crippen molar-refractivity contribution in [1.29, 1.82) is 0 Å². The molecule has 0 heterocycles. The first-order valence-corrected chi connectivity index (χ1v) is 2.79. The van der Waals surface area contributed by atoms with Gasteiger partial charge in [0.25, 0.3) is 0 Å². The number of benzene rings is 1. The van der Waals surface area contributed by atoms with Gasteiger partial charge in [-0.25, -0.2) is 13.2 Å². The molecular formula is C6H2Cl4F5NTi. The average Bonchev–Trinajstić information content (AvgIpc) is 2.00. The molecule has 0 aliphatic rings. The summed E-state index contributed by atoms with van der Waals surface area (Å²) in [5, 5.41) is -1.63. The largest absolute Gasteiger partial charge is 4.00 e. The smallest absolute Gasteiger partial charge is 1.00 e. The van der Waals surface area contributed by atoms with Crippen LogP contribution in [-0.4, -0.2) is 0 Å². The van der Waals surface area contributed by atoms with Gasteiger partial charge in [0.05, 0.1) is 0 Å². The summed E-state index contributed by atoms with van der Waals surface area (Å²) in [5.41, 5.74) is -1.30. The van der Waals surface area contributed by atoms with Crippen molar-refractivity contribution in [2.45, 2.75) is 0 Å². The van der Waals surface area contributed by atoms with Gasteiger partial charge in [0.2, 0.25) is 0 Å². The fourth-order valence-electron chi connectivity index (χ4n) is 0.646. The predicted octanol–water partition coefficient (Wildman–Crippen LogP) is -9.31. The maximum absolute atomic E-state index is 12.4. The minimum Gasteiger partial charge on any atom is -1.00 e. The second-order valence-corrected chi connectivity index (χ2v) is 1.93. The van der Waals surface area contributed by atoms with Gasteiger partial charge in [-0.2, -0.15) is 0 Å². The second kappa shape index (κ2) is 13.0. The first-order valence-electron chi connectivity index (χ1n) is 2.79. The van der Waals surface area contributed by atoms with E-state index in [1.165, 1.54) is 0 Å². The summed E-state index contributed by atoms with van der Waals surface area (Å²) >= 11 is 0. The molecule has 0 fully saturated rings. The standard InChI is InChI=1S/C6H2F5N.4ClH.Ti/c7-3-1-2-4(12(10)11)6(9)5(3)8;;;;;/h1-2H;4*1H;/q;;;;;+4/p-4. The van der Waals surface area contributed by atoms with Gasteiger partial charge in [0.15, 0.2) is 17.5 Å². The Bertz CT molecular complexity index is 317. The van der Waals surface area contributed by atoms with E-state index >= 15 is 0 Å². The quantitative estimate of drug-likeness (QED) is 0.205. The Labute approximate surface area is 134 Å². The number of anilines is 1. The predicted molar refractivity (Wildman–Crippen MR) is 31.0 cm³/mol. The molecule has 17 heavy (non-hydrogen) atoms. The maximum Gasteiger partial charge on any atom is 4.00 e. The van der Waals surface area contributed by atoms with Crippen molar-refractivity contribution < 1.29 is 93.5 Å². The van der Waals surface area contributed by atoms with Gasteiger partial charge in [0, 0.05) is 0 Å². The van der Waals surface area contributed by atoms with Gasteiger partial charge in [0.1, 0.15) is 5.69 Å². The molecule has 1 nitrogen and oxygen atoms in total. The third-order valence-corrected chi connectivity index (χ3v) is 1.20. The fourth-order valence-corrected chi connectivity index (χ4v) is 0.646. The zero-order valence-corrected chi connectivity index (χ0v) is 12.1. The van der Waals surface area contributed by atoms with Crippen LogP contribution in [0.4, 0.5) is 27.8 Å². The summed E-state index contributed by atoms with van der Waals surface area (Å²) in [6, 6.07) is 0.855. The van der Waals surface area contributed by atoms with E-state index in [9.17, 15) is 22.1 Å². The molecule has 0 unspecified atom stereocenters. The summed E-state index contributed by atoms with van der Waals surface area (Å²) in [6.07, 6.45) is 0. The van der Waals surface area contributed by atoms with Crippen molar-refractivity contribution in [3.63, 3.8) is 0 Å². The Kier molecular flexibility index (Phi) is 23.3. The van der Waals surface area contributed by atoms with Crippen molar-refractivity contribution in [2.24, 2.45) is 0 Å². The molecule has 0 aliphatic heterocycles. The number of hydrogen-bond donors (Lipinski definition) is 0. The van der Waals surface area contributed by atoms with Crippen molar-refractivity contribution in [2.75, 3.05) is 5.34 Å². The maximum atomic E-state index is 12.4. The molecule has 0 radical (unpaired) electrons. The van der Waals surface area contributed by atoms with Crippen molar-refractivity contribution in [3.8, 4) is 0 Å². The van der Waals surface area contributed by atoms with Crippen LogP contribution in [0, 0.1) is 17.5 Å². The molecule has 0 spiro atoms. The number of halogens is 9. The Morgan fingerprint density at radius 3 is 1.53 bits per heavy atom. The average molecular weight is 373 g/mol. The summed E-state index contributed by atoms with van der Waals surface area (Å²) in [7, 11) is 0. The molecule has 0 saturated heterocycles. The molecule has 11 heteroatoms. The molecule has 1 rings (SSSR count). The molecule has 0 saturated carbocycles. The minimum absolute atomic E-state index is 0. The van der Waals surface area contributed by atoms with Crippen LogP contribution in [0.5, 0.6) is 0 Å². The number of rotatable bonds is 1. The molecular weight excluding hydrogens is 371 g/mol. The molecule has 0 N–H and O–H groups in total. The fraction of sp³-hybridized carbons (Fsp3) is 0. The second-order valence-electron chi connectivity index (χ2n) is 1.93. The van der Waals surface area contributed by atoms with E-state index in [2.05, 4.69) is 0 Å². The number of hydrogen-bond acceptors (Lipinski definition) is 1. The summed E-state index contributed by atoms with van der Waals surface area (Å²) in [5.74, 6) is -5.31. The monoisotopic (exact) mass is 371 g/mol. The first-order chi connectivity index (χ1) is 5.54. The Morgan fingerprint density at radius 2 is 1.18 bits per heavy atom. The van der Waals surface area contributed by atoms with Crippen molar-refractivity contribution in [3.05, 3.63) is 29.6 Å². The van der Waals surface area contributed by atoms with Gasteiger partial charge in [-0.15, -0.1) is 0 Å². The van der Waals surface area contributed by atoms with Crippen LogP contribution in [0.15, 0.2) is 12.1 Å². The Hall–Kier alpha value is 0.544. The van der Waals surface area contributed by atoms with Crippen LogP contribution >= 0.6 is 0 Å². The van der Waals surface area contributed by atoms with Crippen LogP contribution < -0.4 is 55.0 Å². The van der Waals surface area contributed by atoms with Crippen LogP contribution in [0.2, 0.25) is 0 Å². The van der Waals surface area contributed by atoms with E-state index in [-0.39, 0.29) is 71.3 Å². The van der Waals surface area contributed by atoms with E-state index in [4.69, 9.17) is 0 Å². The SMILES string of the molecule is Fc1ccc(N(F)F)c(F)c1F.[Cl-].[Cl-].[Cl-].[Cl-].[Ti+4]. The van der Waals surface area contributed by atoms with E-state index in [1.54, 1.807) is 0 Å². The molecule has 1 aromatic rings. The van der Waals surface area contributed by atoms with Gasteiger partial charge >= 0.3 is 21.7 Å². The third-order valence-electron chi connectivity index (χ3n) is 1.20. The molecule has 0 amide bonds. The van der Waals surface area contributed by atoms with Crippen LogP contribution in [0.1, 0.15) is 0 Å². The molecule has 0 atom stereocenters. The van der Waals surface area contributed by atoms with Gasteiger partial charge in [-0.1, -0.05) is 8.96 Å². The van der Waals surface area contributed by atoms with Crippen LogP contribution in [0.25, 0.3) is 0 Å². The zero-order valence-electron chi connectivity index (χ0n) is 7.50. The molecule has 0 aromatic heterocycles. The molecule has 1 aromatic carbocycles. The summed E-state index contributed by atoms with van der Waals surface area (Å²) < 4.78 is 60.1. The van der Waals surface area contributed by atoms with Crippen molar-refractivity contribution in [1.82, 2.24) is 0 Å².